The SMILES string of the molecule is CCc1cnc(CN(C)c2cc(N3CCOCC3)ncn2)s1. The minimum absolute atomic E-state index is 0.758. The molecular weight excluding hydrogens is 298 g/mol. The minimum atomic E-state index is 0.758. The van der Waals surface area contributed by atoms with Crippen LogP contribution in [0.25, 0.3) is 0 Å². The lowest BCUT2D eigenvalue weighted by atomic mass is 10.4. The molecule has 0 spiro atoms. The average molecular weight is 319 g/mol. The first-order valence-electron chi connectivity index (χ1n) is 7.55. The zero-order valence-electron chi connectivity index (χ0n) is 13.0. The van der Waals surface area contributed by atoms with Crippen LogP contribution in [0.15, 0.2) is 18.6 Å². The summed E-state index contributed by atoms with van der Waals surface area (Å²) in [7, 11) is 2.04. The number of morpholine rings is 1. The molecule has 1 aliphatic heterocycles. The zero-order chi connectivity index (χ0) is 15.4. The van der Waals surface area contributed by atoms with E-state index in [1.807, 2.05) is 19.3 Å². The molecule has 0 N–H and O–H groups in total. The molecule has 1 saturated heterocycles. The third-order valence-corrected chi connectivity index (χ3v) is 4.81. The summed E-state index contributed by atoms with van der Waals surface area (Å²) in [5.41, 5.74) is 0. The summed E-state index contributed by atoms with van der Waals surface area (Å²) in [5.74, 6) is 1.89. The second-order valence-electron chi connectivity index (χ2n) is 5.26. The molecule has 3 rings (SSSR count). The van der Waals surface area contributed by atoms with E-state index in [4.69, 9.17) is 4.74 Å². The van der Waals surface area contributed by atoms with Crippen molar-refractivity contribution in [2.24, 2.45) is 0 Å². The molecule has 0 amide bonds. The third-order valence-electron chi connectivity index (χ3n) is 3.69. The van der Waals surface area contributed by atoms with Crippen molar-refractivity contribution in [2.75, 3.05) is 43.2 Å². The Morgan fingerprint density at radius 3 is 2.82 bits per heavy atom. The van der Waals surface area contributed by atoms with Gasteiger partial charge in [0.2, 0.25) is 0 Å². The van der Waals surface area contributed by atoms with Crippen LogP contribution < -0.4 is 9.80 Å². The lowest BCUT2D eigenvalue weighted by molar-refractivity contribution is 0.122. The van der Waals surface area contributed by atoms with E-state index < -0.39 is 0 Å². The Bertz CT molecular complexity index is 611. The van der Waals surface area contributed by atoms with Gasteiger partial charge in [-0.1, -0.05) is 6.92 Å². The van der Waals surface area contributed by atoms with Crippen molar-refractivity contribution < 1.29 is 4.74 Å². The quantitative estimate of drug-likeness (QED) is 0.840. The van der Waals surface area contributed by atoms with Gasteiger partial charge in [-0.2, -0.15) is 0 Å². The number of hydrogen-bond acceptors (Lipinski definition) is 7. The molecule has 0 aromatic carbocycles. The largest absolute Gasteiger partial charge is 0.378 e. The van der Waals surface area contributed by atoms with E-state index in [1.165, 1.54) is 4.88 Å². The van der Waals surface area contributed by atoms with E-state index in [1.54, 1.807) is 17.7 Å². The maximum absolute atomic E-state index is 5.39. The van der Waals surface area contributed by atoms with E-state index in [-0.39, 0.29) is 0 Å². The standard InChI is InChI=1S/C15H21N5OS/c1-3-12-9-16-15(22-12)10-19(2)13-8-14(18-11-17-13)20-4-6-21-7-5-20/h8-9,11H,3-7,10H2,1-2H3. The molecule has 1 aliphatic rings. The molecule has 1 fully saturated rings. The Balaban J connectivity index is 1.70. The smallest absolute Gasteiger partial charge is 0.134 e. The van der Waals surface area contributed by atoms with Gasteiger partial charge in [-0.05, 0) is 6.42 Å². The molecule has 0 aliphatic carbocycles. The van der Waals surface area contributed by atoms with Crippen molar-refractivity contribution in [3.05, 3.63) is 28.5 Å². The predicted octanol–water partition coefficient (Wildman–Crippen LogP) is 1.97. The third kappa shape index (κ3) is 3.53. The predicted molar refractivity (Wildman–Crippen MR) is 88.7 cm³/mol. The molecule has 0 unspecified atom stereocenters. The first-order chi connectivity index (χ1) is 10.8. The topological polar surface area (TPSA) is 54.4 Å². The number of nitrogens with zero attached hydrogens (tertiary/aromatic N) is 5. The van der Waals surface area contributed by atoms with Crippen LogP contribution in [0.3, 0.4) is 0 Å². The maximum atomic E-state index is 5.39. The lowest BCUT2D eigenvalue weighted by Gasteiger charge is -2.28. The molecule has 7 heteroatoms. The fourth-order valence-corrected chi connectivity index (χ4v) is 3.30. The molecule has 22 heavy (non-hydrogen) atoms. The van der Waals surface area contributed by atoms with Gasteiger partial charge >= 0.3 is 0 Å². The number of rotatable bonds is 5. The van der Waals surface area contributed by atoms with Crippen molar-refractivity contribution in [2.45, 2.75) is 19.9 Å². The Morgan fingerprint density at radius 1 is 1.27 bits per heavy atom. The molecule has 2 aromatic rings. The summed E-state index contributed by atoms with van der Waals surface area (Å²) in [4.78, 5) is 18.9. The van der Waals surface area contributed by atoms with Crippen LogP contribution >= 0.6 is 11.3 Å². The summed E-state index contributed by atoms with van der Waals surface area (Å²) in [5, 5.41) is 1.12. The van der Waals surface area contributed by atoms with Crippen LogP contribution in [0, 0.1) is 0 Å². The van der Waals surface area contributed by atoms with Gasteiger partial charge in [0.25, 0.3) is 0 Å². The van der Waals surface area contributed by atoms with Crippen LogP contribution in [0.4, 0.5) is 11.6 Å². The van der Waals surface area contributed by atoms with E-state index in [0.29, 0.717) is 0 Å². The molecule has 0 atom stereocenters. The molecule has 0 bridgehead atoms. The first-order valence-corrected chi connectivity index (χ1v) is 8.37. The Kier molecular flexibility index (Phi) is 4.84. The number of anilines is 2. The second kappa shape index (κ2) is 7.02. The summed E-state index contributed by atoms with van der Waals surface area (Å²) >= 11 is 1.77. The fourth-order valence-electron chi connectivity index (χ4n) is 2.38. The lowest BCUT2D eigenvalue weighted by Crippen LogP contribution is -2.36. The monoisotopic (exact) mass is 319 g/mol. The van der Waals surface area contributed by atoms with Crippen LogP contribution in [-0.4, -0.2) is 48.3 Å². The van der Waals surface area contributed by atoms with Crippen molar-refractivity contribution in [1.29, 1.82) is 0 Å². The van der Waals surface area contributed by atoms with E-state index in [0.717, 1.165) is 55.9 Å². The minimum Gasteiger partial charge on any atom is -0.378 e. The number of thiazole rings is 1. The van der Waals surface area contributed by atoms with E-state index >= 15 is 0 Å². The Labute approximate surface area is 134 Å². The van der Waals surface area contributed by atoms with Crippen LogP contribution in [0.5, 0.6) is 0 Å². The summed E-state index contributed by atoms with van der Waals surface area (Å²) in [6, 6.07) is 2.04. The Hall–Kier alpha value is -1.73. The van der Waals surface area contributed by atoms with Crippen LogP contribution in [-0.2, 0) is 17.7 Å². The van der Waals surface area contributed by atoms with Crippen molar-refractivity contribution in [3.63, 3.8) is 0 Å². The van der Waals surface area contributed by atoms with Gasteiger partial charge in [-0.15, -0.1) is 11.3 Å². The molecule has 2 aromatic heterocycles. The maximum Gasteiger partial charge on any atom is 0.134 e. The normalized spacial score (nSPS) is 15.1. The van der Waals surface area contributed by atoms with Crippen LogP contribution in [0.2, 0.25) is 0 Å². The van der Waals surface area contributed by atoms with E-state index in [9.17, 15) is 0 Å². The first kappa shape index (κ1) is 15.2. The zero-order valence-corrected chi connectivity index (χ0v) is 13.8. The molecule has 0 saturated carbocycles. The van der Waals surface area contributed by atoms with Gasteiger partial charge in [0.15, 0.2) is 0 Å². The molecule has 118 valence electrons. The molecule has 0 radical (unpaired) electrons. The van der Waals surface area contributed by atoms with Gasteiger partial charge in [0.05, 0.1) is 19.8 Å². The van der Waals surface area contributed by atoms with Gasteiger partial charge < -0.3 is 14.5 Å². The highest BCUT2D eigenvalue weighted by atomic mass is 32.1. The Morgan fingerprint density at radius 2 is 2.09 bits per heavy atom. The number of aryl methyl sites for hydroxylation is 1. The highest BCUT2D eigenvalue weighted by molar-refractivity contribution is 7.11. The summed E-state index contributed by atoms with van der Waals surface area (Å²) < 4.78 is 5.39. The van der Waals surface area contributed by atoms with Gasteiger partial charge in [0, 0.05) is 37.3 Å². The van der Waals surface area contributed by atoms with E-state index in [2.05, 4.69) is 31.7 Å². The highest BCUT2D eigenvalue weighted by Crippen LogP contribution is 2.21. The summed E-state index contributed by atoms with van der Waals surface area (Å²) in [6.45, 7) is 6.20. The molecular formula is C15H21N5OS. The van der Waals surface area contributed by atoms with Crippen LogP contribution in [0.1, 0.15) is 16.8 Å². The second-order valence-corrected chi connectivity index (χ2v) is 6.46. The highest BCUT2D eigenvalue weighted by Gasteiger charge is 2.14. The van der Waals surface area contributed by atoms with Crippen molar-refractivity contribution in [3.8, 4) is 0 Å². The number of hydrogen-bond donors (Lipinski definition) is 0. The number of ether oxygens (including phenoxy) is 1. The fraction of sp³-hybridized carbons (Fsp3) is 0.533. The molecule has 6 nitrogen and oxygen atoms in total. The average Bonchev–Trinajstić information content (AvgIpc) is 3.03. The molecule has 3 heterocycles. The number of aromatic nitrogens is 3. The summed E-state index contributed by atoms with van der Waals surface area (Å²) in [6.07, 6.45) is 4.64. The van der Waals surface area contributed by atoms with Gasteiger partial charge in [-0.25, -0.2) is 15.0 Å². The van der Waals surface area contributed by atoms with Gasteiger partial charge in [-0.3, -0.25) is 0 Å². The van der Waals surface area contributed by atoms with Gasteiger partial charge in [0.1, 0.15) is 23.0 Å². The van der Waals surface area contributed by atoms with Crippen molar-refractivity contribution in [1.82, 2.24) is 15.0 Å². The van der Waals surface area contributed by atoms with Crippen molar-refractivity contribution >= 4 is 23.0 Å².